The van der Waals surface area contributed by atoms with Crippen LogP contribution in [-0.2, 0) is 19.1 Å². The van der Waals surface area contributed by atoms with Crippen molar-refractivity contribution in [1.82, 2.24) is 0 Å². The van der Waals surface area contributed by atoms with Gasteiger partial charge in [0.25, 0.3) is 0 Å². The van der Waals surface area contributed by atoms with Gasteiger partial charge in [-0.05, 0) is 96.3 Å². The molecule has 0 aromatic heterocycles. The molecule has 0 aliphatic carbocycles. The van der Waals surface area contributed by atoms with E-state index in [1.807, 2.05) is 0 Å². The summed E-state index contributed by atoms with van der Waals surface area (Å²) in [5, 5.41) is 9.72. The average molecular weight is 1200 g/mol. The van der Waals surface area contributed by atoms with Crippen molar-refractivity contribution in [2.75, 3.05) is 13.2 Å². The summed E-state index contributed by atoms with van der Waals surface area (Å²) < 4.78 is 10.8. The lowest BCUT2D eigenvalue weighted by Crippen LogP contribution is -2.28. The van der Waals surface area contributed by atoms with E-state index in [0.29, 0.717) is 12.8 Å². The highest BCUT2D eigenvalue weighted by molar-refractivity contribution is 5.70. The minimum absolute atomic E-state index is 0.0631. The highest BCUT2D eigenvalue weighted by Gasteiger charge is 2.16. The molecule has 0 spiro atoms. The van der Waals surface area contributed by atoms with Gasteiger partial charge in [0.05, 0.1) is 6.61 Å². The number of aliphatic hydroxyl groups excluding tert-OH is 1. The molecule has 0 rings (SSSR count). The second kappa shape index (κ2) is 76.1. The molecule has 1 N–H and O–H groups in total. The Bertz CT molecular complexity index is 1600. The molecule has 0 aliphatic rings. The number of aliphatic hydroxyl groups is 1. The largest absolute Gasteiger partial charge is 0.462 e. The van der Waals surface area contributed by atoms with E-state index in [0.717, 1.165) is 83.5 Å². The SMILES string of the molecule is CC/C=C\C/C=C\C/C=C\C/C=C\C/C=C\CCCCCCCCCCCCCCCCCCCCCCCCCC(=O)OC(CO)COC(=O)CCCCCCCCCCCCCCCCCCCC/C=C\C/C=C\C/C=C\CCCCCCC. The molecule has 498 valence electrons. The van der Waals surface area contributed by atoms with Crippen LogP contribution >= 0.6 is 0 Å². The third kappa shape index (κ3) is 73.3. The van der Waals surface area contributed by atoms with Crippen LogP contribution < -0.4 is 0 Å². The summed E-state index contributed by atoms with van der Waals surface area (Å²) in [5.74, 6) is -0.571. The van der Waals surface area contributed by atoms with Crippen molar-refractivity contribution >= 4 is 11.9 Å². The van der Waals surface area contributed by atoms with Crippen molar-refractivity contribution in [3.8, 4) is 0 Å². The summed E-state index contributed by atoms with van der Waals surface area (Å²) >= 11 is 0. The van der Waals surface area contributed by atoms with Crippen molar-refractivity contribution in [3.05, 3.63) is 97.2 Å². The lowest BCUT2D eigenvalue weighted by Gasteiger charge is -2.15. The minimum atomic E-state index is -0.774. The predicted molar refractivity (Wildman–Crippen MR) is 380 cm³/mol. The van der Waals surface area contributed by atoms with E-state index in [1.54, 1.807) is 0 Å². The van der Waals surface area contributed by atoms with Crippen LogP contribution in [0.4, 0.5) is 0 Å². The van der Waals surface area contributed by atoms with Crippen LogP contribution in [0.5, 0.6) is 0 Å². The maximum Gasteiger partial charge on any atom is 0.306 e. The molecule has 0 aliphatic heterocycles. The number of ether oxygens (including phenoxy) is 2. The van der Waals surface area contributed by atoms with Crippen LogP contribution in [0, 0.1) is 0 Å². The molecule has 0 aromatic rings. The number of hydrogen-bond acceptors (Lipinski definition) is 5. The third-order valence-corrected chi connectivity index (χ3v) is 16.9. The number of carbonyl (C=O) groups excluding carboxylic acids is 2. The molecule has 0 saturated heterocycles. The number of allylic oxidation sites excluding steroid dienone is 16. The molecule has 86 heavy (non-hydrogen) atoms. The van der Waals surface area contributed by atoms with Gasteiger partial charge in [-0.2, -0.15) is 0 Å². The fourth-order valence-electron chi connectivity index (χ4n) is 11.2. The number of unbranched alkanes of at least 4 members (excludes halogenated alkanes) is 46. The molecule has 0 saturated carbocycles. The Kier molecular flexibility index (Phi) is 73.3. The molecule has 0 amide bonds. The molecule has 0 fully saturated rings. The Balaban J connectivity index is 3.41. The van der Waals surface area contributed by atoms with E-state index in [4.69, 9.17) is 9.47 Å². The van der Waals surface area contributed by atoms with Gasteiger partial charge in [0.1, 0.15) is 6.61 Å². The molecule has 5 heteroatoms. The summed E-state index contributed by atoms with van der Waals surface area (Å²) in [4.78, 5) is 24.7. The van der Waals surface area contributed by atoms with Gasteiger partial charge in [0.15, 0.2) is 6.10 Å². The average Bonchev–Trinajstić information content (AvgIpc) is 3.55. The van der Waals surface area contributed by atoms with Gasteiger partial charge in [-0.1, -0.05) is 374 Å². The molecule has 1 unspecified atom stereocenters. The number of rotatable bonds is 70. The summed E-state index contributed by atoms with van der Waals surface area (Å²) in [5.41, 5.74) is 0. The van der Waals surface area contributed by atoms with Gasteiger partial charge in [-0.25, -0.2) is 0 Å². The Morgan fingerprint density at radius 1 is 0.279 bits per heavy atom. The van der Waals surface area contributed by atoms with E-state index >= 15 is 0 Å². The van der Waals surface area contributed by atoms with Gasteiger partial charge in [-0.3, -0.25) is 9.59 Å². The fourth-order valence-corrected chi connectivity index (χ4v) is 11.2. The van der Waals surface area contributed by atoms with Crippen molar-refractivity contribution in [1.29, 1.82) is 0 Å². The predicted octanol–water partition coefficient (Wildman–Crippen LogP) is 26.5. The van der Waals surface area contributed by atoms with Crippen LogP contribution in [0.15, 0.2) is 97.2 Å². The zero-order valence-electron chi connectivity index (χ0n) is 57.3. The summed E-state index contributed by atoms with van der Waals surface area (Å²) in [7, 11) is 0. The molecule has 0 heterocycles. The van der Waals surface area contributed by atoms with Crippen molar-refractivity contribution < 1.29 is 24.2 Å². The maximum atomic E-state index is 12.4. The normalized spacial score (nSPS) is 12.7. The fraction of sp³-hybridized carbons (Fsp3) is 0.778. The third-order valence-electron chi connectivity index (χ3n) is 16.9. The molecular weight excluding hydrogens is 1050 g/mol. The molecule has 0 bridgehead atoms. The van der Waals surface area contributed by atoms with Gasteiger partial charge >= 0.3 is 11.9 Å². The highest BCUT2D eigenvalue weighted by atomic mass is 16.6. The Morgan fingerprint density at radius 3 is 0.756 bits per heavy atom. The first-order valence-corrected chi connectivity index (χ1v) is 37.8. The zero-order chi connectivity index (χ0) is 61.9. The molecule has 5 nitrogen and oxygen atoms in total. The van der Waals surface area contributed by atoms with E-state index < -0.39 is 6.10 Å². The minimum Gasteiger partial charge on any atom is -0.462 e. The van der Waals surface area contributed by atoms with Gasteiger partial charge in [0, 0.05) is 12.8 Å². The molecule has 0 aromatic carbocycles. The van der Waals surface area contributed by atoms with Gasteiger partial charge in [0.2, 0.25) is 0 Å². The Morgan fingerprint density at radius 2 is 0.500 bits per heavy atom. The van der Waals surface area contributed by atoms with E-state index in [2.05, 4.69) is 111 Å². The van der Waals surface area contributed by atoms with Crippen molar-refractivity contribution in [2.24, 2.45) is 0 Å². The quantitative estimate of drug-likeness (QED) is 0.0373. The topological polar surface area (TPSA) is 72.8 Å². The van der Waals surface area contributed by atoms with E-state index in [1.165, 1.54) is 276 Å². The number of carbonyl (C=O) groups is 2. The van der Waals surface area contributed by atoms with Gasteiger partial charge < -0.3 is 14.6 Å². The number of esters is 2. The highest BCUT2D eigenvalue weighted by Crippen LogP contribution is 2.19. The first kappa shape index (κ1) is 82.8. The lowest BCUT2D eigenvalue weighted by molar-refractivity contribution is -0.161. The zero-order valence-corrected chi connectivity index (χ0v) is 57.3. The summed E-state index contributed by atoms with van der Waals surface area (Å²) in [6.45, 7) is 4.06. The van der Waals surface area contributed by atoms with Crippen molar-refractivity contribution in [2.45, 2.75) is 392 Å². The van der Waals surface area contributed by atoms with Crippen LogP contribution in [0.25, 0.3) is 0 Å². The Hall–Kier alpha value is -3.18. The summed E-state index contributed by atoms with van der Waals surface area (Å²) in [6, 6.07) is 0. The van der Waals surface area contributed by atoms with Gasteiger partial charge in [-0.15, -0.1) is 0 Å². The van der Waals surface area contributed by atoms with Crippen LogP contribution in [-0.4, -0.2) is 36.4 Å². The molecule has 1 atom stereocenters. The first-order chi connectivity index (χ1) is 42.6. The molecular formula is C81H144O5. The summed E-state index contributed by atoms with van der Waals surface area (Å²) in [6.07, 6.45) is 109. The van der Waals surface area contributed by atoms with E-state index in [9.17, 15) is 14.7 Å². The number of hydrogen-bond donors (Lipinski definition) is 1. The second-order valence-corrected chi connectivity index (χ2v) is 25.3. The smallest absolute Gasteiger partial charge is 0.306 e. The van der Waals surface area contributed by atoms with Crippen molar-refractivity contribution in [3.63, 3.8) is 0 Å². The van der Waals surface area contributed by atoms with E-state index in [-0.39, 0.29) is 25.2 Å². The standard InChI is InChI=1S/C81H144O5/c1-3-5-7-9-11-13-15-17-19-21-23-25-27-29-31-33-35-37-38-39-40-41-42-44-46-48-50-52-54-56-58-60-62-64-66-68-70-72-74-76-81(84)86-79(77-82)78-85-80(83)75-73-71-69-67-65-63-61-59-57-55-53-51-49-47-45-43-36-34-32-30-28-26-24-22-20-18-16-14-12-10-8-6-4-2/h5,7,11,13,16-19,22-25,28-31,79,82H,3-4,6,8-10,12,14-15,20-21,26-27,32-78H2,1-2H3/b7-5-,13-11-,18-16-,19-17-,24-22-,25-23-,30-28-,31-29-. The second-order valence-electron chi connectivity index (χ2n) is 25.3. The van der Waals surface area contributed by atoms with Crippen LogP contribution in [0.1, 0.15) is 386 Å². The lowest BCUT2D eigenvalue weighted by atomic mass is 10.0. The van der Waals surface area contributed by atoms with Crippen LogP contribution in [0.3, 0.4) is 0 Å². The first-order valence-electron chi connectivity index (χ1n) is 37.8. The molecule has 0 radical (unpaired) electrons. The monoisotopic (exact) mass is 1200 g/mol. The maximum absolute atomic E-state index is 12.4. The Labute approximate surface area is 536 Å². The van der Waals surface area contributed by atoms with Crippen LogP contribution in [0.2, 0.25) is 0 Å².